The van der Waals surface area contributed by atoms with Gasteiger partial charge in [0.1, 0.15) is 0 Å². The van der Waals surface area contributed by atoms with Crippen LogP contribution in [0, 0.1) is 5.41 Å². The van der Waals surface area contributed by atoms with Crippen molar-refractivity contribution in [1.29, 1.82) is 0 Å². The summed E-state index contributed by atoms with van der Waals surface area (Å²) in [6, 6.07) is 0.0498. The largest absolute Gasteiger partial charge is 0.396 e. The second kappa shape index (κ2) is 3.56. The van der Waals surface area contributed by atoms with Gasteiger partial charge in [0.2, 0.25) is 0 Å². The van der Waals surface area contributed by atoms with Gasteiger partial charge in [-0.05, 0) is 25.7 Å². The summed E-state index contributed by atoms with van der Waals surface area (Å²) in [5, 5.41) is 9.33. The molecule has 3 nitrogen and oxygen atoms in total. The Balaban J connectivity index is 1.97. The molecule has 0 bridgehead atoms. The lowest BCUT2D eigenvalue weighted by Crippen LogP contribution is -2.55. The van der Waals surface area contributed by atoms with E-state index in [1.165, 1.54) is 6.42 Å². The Labute approximate surface area is 79.3 Å². The highest BCUT2D eigenvalue weighted by Crippen LogP contribution is 2.45. The molecule has 1 aliphatic carbocycles. The van der Waals surface area contributed by atoms with Gasteiger partial charge in [-0.15, -0.1) is 0 Å². The van der Waals surface area contributed by atoms with Crippen LogP contribution in [-0.4, -0.2) is 30.5 Å². The van der Waals surface area contributed by atoms with Crippen LogP contribution >= 0.6 is 0 Å². The molecule has 0 amide bonds. The minimum absolute atomic E-state index is 0.00495. The van der Waals surface area contributed by atoms with Crippen LogP contribution < -0.4 is 5.73 Å². The molecule has 2 fully saturated rings. The second-order valence-corrected chi connectivity index (χ2v) is 4.45. The number of aliphatic hydroxyl groups is 1. The van der Waals surface area contributed by atoms with Crippen molar-refractivity contribution in [1.82, 2.24) is 0 Å². The molecule has 0 aromatic heterocycles. The quantitative estimate of drug-likeness (QED) is 0.679. The molecule has 0 aromatic rings. The molecular formula is C10H19NO2. The molecule has 1 saturated carbocycles. The van der Waals surface area contributed by atoms with Crippen LogP contribution in [0.15, 0.2) is 0 Å². The molecule has 0 spiro atoms. The van der Waals surface area contributed by atoms with Crippen LogP contribution in [0.2, 0.25) is 0 Å². The third kappa shape index (κ3) is 1.49. The van der Waals surface area contributed by atoms with Crippen LogP contribution in [0.5, 0.6) is 0 Å². The molecule has 3 N–H and O–H groups in total. The summed E-state index contributed by atoms with van der Waals surface area (Å²) >= 11 is 0. The van der Waals surface area contributed by atoms with Gasteiger partial charge >= 0.3 is 0 Å². The van der Waals surface area contributed by atoms with Crippen LogP contribution in [-0.2, 0) is 4.74 Å². The van der Waals surface area contributed by atoms with Gasteiger partial charge in [-0.25, -0.2) is 0 Å². The molecule has 1 heterocycles. The first kappa shape index (κ1) is 9.44. The molecule has 1 saturated heterocycles. The monoisotopic (exact) mass is 185 g/mol. The van der Waals surface area contributed by atoms with E-state index in [9.17, 15) is 5.11 Å². The maximum atomic E-state index is 9.33. The SMILES string of the molecule is N[C@H]([C@H]1CCCO1)C1(CO)CCC1. The van der Waals surface area contributed by atoms with Crippen LogP contribution in [0.4, 0.5) is 0 Å². The lowest BCUT2D eigenvalue weighted by molar-refractivity contribution is -0.0367. The first-order chi connectivity index (χ1) is 6.28. The summed E-state index contributed by atoms with van der Waals surface area (Å²) in [5.74, 6) is 0. The van der Waals surface area contributed by atoms with Gasteiger partial charge in [0.25, 0.3) is 0 Å². The predicted octanol–water partition coefficient (Wildman–Crippen LogP) is 0.655. The van der Waals surface area contributed by atoms with E-state index in [0.717, 1.165) is 32.3 Å². The van der Waals surface area contributed by atoms with E-state index in [-0.39, 0.29) is 24.2 Å². The Morgan fingerprint density at radius 3 is 2.62 bits per heavy atom. The van der Waals surface area contributed by atoms with Crippen molar-refractivity contribution in [2.75, 3.05) is 13.2 Å². The van der Waals surface area contributed by atoms with E-state index in [1.807, 2.05) is 0 Å². The predicted molar refractivity (Wildman–Crippen MR) is 50.3 cm³/mol. The van der Waals surface area contributed by atoms with Crippen LogP contribution in [0.3, 0.4) is 0 Å². The molecule has 2 aliphatic rings. The van der Waals surface area contributed by atoms with Gasteiger partial charge in [0, 0.05) is 18.1 Å². The number of ether oxygens (including phenoxy) is 1. The summed E-state index contributed by atoms with van der Waals surface area (Å²) in [4.78, 5) is 0. The van der Waals surface area contributed by atoms with Gasteiger partial charge < -0.3 is 15.6 Å². The standard InChI is InChI=1S/C10H19NO2/c11-9(8-3-1-6-13-8)10(7-12)4-2-5-10/h8-9,12H,1-7,11H2/t8-,9-/m1/s1. The average Bonchev–Trinajstić information content (AvgIpc) is 2.54. The third-order valence-corrected chi connectivity index (χ3v) is 3.74. The number of aliphatic hydroxyl groups excluding tert-OH is 1. The van der Waals surface area contributed by atoms with E-state index in [1.54, 1.807) is 0 Å². The maximum absolute atomic E-state index is 9.33. The van der Waals surface area contributed by atoms with Crippen molar-refractivity contribution in [3.8, 4) is 0 Å². The van der Waals surface area contributed by atoms with Gasteiger partial charge in [-0.3, -0.25) is 0 Å². The lowest BCUT2D eigenvalue weighted by atomic mass is 9.63. The van der Waals surface area contributed by atoms with Crippen molar-refractivity contribution < 1.29 is 9.84 Å². The van der Waals surface area contributed by atoms with Crippen molar-refractivity contribution in [3.63, 3.8) is 0 Å². The second-order valence-electron chi connectivity index (χ2n) is 4.45. The smallest absolute Gasteiger partial charge is 0.0733 e. The highest BCUT2D eigenvalue weighted by molar-refractivity contribution is 4.99. The zero-order valence-electron chi connectivity index (χ0n) is 8.04. The highest BCUT2D eigenvalue weighted by Gasteiger charge is 2.45. The van der Waals surface area contributed by atoms with Gasteiger partial charge in [0.15, 0.2) is 0 Å². The Hall–Kier alpha value is -0.120. The average molecular weight is 185 g/mol. The molecule has 0 aromatic carbocycles. The normalized spacial score (nSPS) is 34.2. The molecule has 0 radical (unpaired) electrons. The van der Waals surface area contributed by atoms with Crippen molar-refractivity contribution >= 4 is 0 Å². The van der Waals surface area contributed by atoms with E-state index in [0.29, 0.717) is 0 Å². The summed E-state index contributed by atoms with van der Waals surface area (Å²) in [6.45, 7) is 1.08. The van der Waals surface area contributed by atoms with Gasteiger partial charge in [0.05, 0.1) is 12.7 Å². The molecule has 3 heteroatoms. The summed E-state index contributed by atoms with van der Waals surface area (Å²) in [6.07, 6.45) is 5.76. The molecule has 76 valence electrons. The maximum Gasteiger partial charge on any atom is 0.0733 e. The Morgan fingerprint density at radius 1 is 1.46 bits per heavy atom. The fourth-order valence-corrected chi connectivity index (χ4v) is 2.51. The molecule has 2 rings (SSSR count). The van der Waals surface area contributed by atoms with E-state index >= 15 is 0 Å². The first-order valence-electron chi connectivity index (χ1n) is 5.26. The highest BCUT2D eigenvalue weighted by atomic mass is 16.5. The number of rotatable bonds is 3. The van der Waals surface area contributed by atoms with E-state index in [2.05, 4.69) is 0 Å². The molecule has 0 unspecified atom stereocenters. The molecule has 13 heavy (non-hydrogen) atoms. The summed E-state index contributed by atoms with van der Waals surface area (Å²) in [7, 11) is 0. The minimum atomic E-state index is -0.00495. The Bertz CT molecular complexity index is 168. The molecule has 2 atom stereocenters. The molecule has 1 aliphatic heterocycles. The Morgan fingerprint density at radius 2 is 2.23 bits per heavy atom. The fourth-order valence-electron chi connectivity index (χ4n) is 2.51. The first-order valence-corrected chi connectivity index (χ1v) is 5.26. The zero-order valence-corrected chi connectivity index (χ0v) is 8.04. The number of hydrogen-bond donors (Lipinski definition) is 2. The topological polar surface area (TPSA) is 55.5 Å². The fraction of sp³-hybridized carbons (Fsp3) is 1.00. The summed E-state index contributed by atoms with van der Waals surface area (Å²) < 4.78 is 5.56. The minimum Gasteiger partial charge on any atom is -0.396 e. The van der Waals surface area contributed by atoms with Crippen LogP contribution in [0.1, 0.15) is 32.1 Å². The summed E-state index contributed by atoms with van der Waals surface area (Å²) in [5.41, 5.74) is 6.14. The molecular weight excluding hydrogens is 166 g/mol. The zero-order chi connectivity index (χ0) is 9.31. The van der Waals surface area contributed by atoms with Crippen molar-refractivity contribution in [2.24, 2.45) is 11.1 Å². The lowest BCUT2D eigenvalue weighted by Gasteiger charge is -2.46. The van der Waals surface area contributed by atoms with Gasteiger partial charge in [-0.1, -0.05) is 6.42 Å². The Kier molecular flexibility index (Phi) is 2.58. The van der Waals surface area contributed by atoms with Gasteiger partial charge in [-0.2, -0.15) is 0 Å². The van der Waals surface area contributed by atoms with E-state index < -0.39 is 0 Å². The number of nitrogens with two attached hydrogens (primary N) is 1. The van der Waals surface area contributed by atoms with Crippen molar-refractivity contribution in [2.45, 2.75) is 44.2 Å². The van der Waals surface area contributed by atoms with Crippen molar-refractivity contribution in [3.05, 3.63) is 0 Å². The van der Waals surface area contributed by atoms with Crippen LogP contribution in [0.25, 0.3) is 0 Å². The van der Waals surface area contributed by atoms with E-state index in [4.69, 9.17) is 10.5 Å². The third-order valence-electron chi connectivity index (χ3n) is 3.74. The number of hydrogen-bond acceptors (Lipinski definition) is 3.